The first-order valence-corrected chi connectivity index (χ1v) is 19.0. The van der Waals surface area contributed by atoms with E-state index in [2.05, 4.69) is 160 Å². The maximum absolute atomic E-state index is 6.74. The minimum Gasteiger partial charge on any atom is -0.509 e. The zero-order valence-corrected chi connectivity index (χ0v) is 34.2. The number of aromatic nitrogens is 2. The van der Waals surface area contributed by atoms with Crippen molar-refractivity contribution < 1.29 is 25.8 Å². The van der Waals surface area contributed by atoms with E-state index in [1.165, 1.54) is 46.0 Å². The third kappa shape index (κ3) is 7.19. The van der Waals surface area contributed by atoms with Gasteiger partial charge in [0.1, 0.15) is 5.82 Å². The Kier molecular flexibility index (Phi) is 10.7. The van der Waals surface area contributed by atoms with Crippen molar-refractivity contribution in [2.45, 2.75) is 72.6 Å². The van der Waals surface area contributed by atoms with Gasteiger partial charge in [-0.1, -0.05) is 107 Å². The van der Waals surface area contributed by atoms with Crippen molar-refractivity contribution in [1.29, 1.82) is 0 Å². The summed E-state index contributed by atoms with van der Waals surface area (Å²) in [5.74, 6) is 2.62. The first-order chi connectivity index (χ1) is 25.7. The van der Waals surface area contributed by atoms with E-state index in [4.69, 9.17) is 9.72 Å². The molecular weight excluding hydrogens is 844 g/mol. The fourth-order valence-corrected chi connectivity index (χ4v) is 7.65. The molecule has 7 aromatic rings. The van der Waals surface area contributed by atoms with Crippen LogP contribution in [0, 0.1) is 24.7 Å². The van der Waals surface area contributed by atoms with Gasteiger partial charge in [-0.3, -0.25) is 0 Å². The van der Waals surface area contributed by atoms with E-state index < -0.39 is 0 Å². The van der Waals surface area contributed by atoms with Gasteiger partial charge in [-0.2, -0.15) is 6.07 Å². The molecule has 3 heterocycles. The van der Waals surface area contributed by atoms with Crippen molar-refractivity contribution in [3.05, 3.63) is 151 Å². The normalized spacial score (nSPS) is 12.8. The minimum atomic E-state index is -0.0155. The molecule has 0 saturated heterocycles. The molecule has 0 amide bonds. The van der Waals surface area contributed by atoms with Gasteiger partial charge in [-0.25, -0.2) is 4.98 Å². The van der Waals surface area contributed by atoms with Gasteiger partial charge in [-0.15, -0.1) is 48.3 Å². The molecule has 0 saturated carbocycles. The largest absolute Gasteiger partial charge is 0.509 e. The monoisotopic (exact) mass is 890 g/mol. The summed E-state index contributed by atoms with van der Waals surface area (Å²) in [6.45, 7) is 15.8. The van der Waals surface area contributed by atoms with E-state index in [1.54, 1.807) is 0 Å². The number of anilines is 4. The number of pyridine rings is 1. The summed E-state index contributed by atoms with van der Waals surface area (Å²) in [6, 6.07) is 45.8. The Bertz CT molecular complexity index is 2410. The molecule has 0 spiro atoms. The summed E-state index contributed by atoms with van der Waals surface area (Å²) < 4.78 is 8.98. The summed E-state index contributed by atoms with van der Waals surface area (Å²) in [6.07, 6.45) is 6.18. The Labute approximate surface area is 334 Å². The number of aryl methyl sites for hydroxylation is 1. The van der Waals surface area contributed by atoms with Crippen molar-refractivity contribution in [1.82, 2.24) is 9.55 Å². The minimum absolute atomic E-state index is 0. The van der Waals surface area contributed by atoms with E-state index in [1.807, 2.05) is 30.5 Å². The predicted octanol–water partition coefficient (Wildman–Crippen LogP) is 12.8. The van der Waals surface area contributed by atoms with Gasteiger partial charge in [-0.05, 0) is 83.5 Å². The Morgan fingerprint density at radius 3 is 2.24 bits per heavy atom. The first-order valence-electron chi connectivity index (χ1n) is 19.0. The molecule has 54 heavy (non-hydrogen) atoms. The molecule has 0 bridgehead atoms. The third-order valence-electron chi connectivity index (χ3n) is 10.1. The second-order valence-corrected chi connectivity index (χ2v) is 15.6. The molecule has 0 N–H and O–H groups in total. The van der Waals surface area contributed by atoms with Crippen LogP contribution in [-0.2, 0) is 39.3 Å². The van der Waals surface area contributed by atoms with Crippen LogP contribution in [-0.4, -0.2) is 9.55 Å². The second kappa shape index (κ2) is 15.5. The van der Waals surface area contributed by atoms with Crippen LogP contribution >= 0.6 is 0 Å². The fourth-order valence-electron chi connectivity index (χ4n) is 7.65. The van der Waals surface area contributed by atoms with Crippen LogP contribution in [0.25, 0.3) is 27.6 Å². The van der Waals surface area contributed by atoms with E-state index in [0.717, 1.165) is 46.8 Å². The number of rotatable bonds is 10. The standard InChI is InChI=1S/C48H47N4O.Pt/c1-7-8-16-34-24-25-41-39(28-34)47-35(27-33(2)3)29-38(31-45(47)52(41)46-23-13-14-26-49-46)53-37-18-15-17-36(30-37)50-32-51(44-22-12-11-21-43(44)50)42-20-10-9-19-40(42)48(4,5)6;/h9-15,17-26,28-29,32-33H,7-8,16,27H2,1-6H3;/q-3;. The molecule has 5 nitrogen and oxygen atoms in total. The number of ether oxygens (including phenoxy) is 1. The van der Waals surface area contributed by atoms with E-state index in [0.29, 0.717) is 17.4 Å². The van der Waals surface area contributed by atoms with Gasteiger partial charge in [0.25, 0.3) is 0 Å². The smallest absolute Gasteiger partial charge is 0.135 e. The van der Waals surface area contributed by atoms with Gasteiger partial charge < -0.3 is 19.1 Å². The molecule has 0 radical (unpaired) electrons. The second-order valence-electron chi connectivity index (χ2n) is 15.6. The molecule has 1 aliphatic heterocycles. The van der Waals surface area contributed by atoms with Gasteiger partial charge in [0.15, 0.2) is 0 Å². The molecule has 0 unspecified atom stereocenters. The quantitative estimate of drug-likeness (QED) is 0.128. The number of fused-ring (bicyclic) bond motifs is 4. The van der Waals surface area contributed by atoms with Crippen LogP contribution in [0.3, 0.4) is 0 Å². The first kappa shape index (κ1) is 37.5. The number of para-hydroxylation sites is 3. The molecule has 0 fully saturated rings. The van der Waals surface area contributed by atoms with Gasteiger partial charge >= 0.3 is 0 Å². The number of unbranched alkanes of at least 4 members (excludes halogenated alkanes) is 1. The van der Waals surface area contributed by atoms with Crippen LogP contribution in [0.4, 0.5) is 22.7 Å². The predicted molar refractivity (Wildman–Crippen MR) is 220 cm³/mol. The summed E-state index contributed by atoms with van der Waals surface area (Å²) in [5, 5.41) is 2.47. The molecule has 278 valence electrons. The molecule has 8 rings (SSSR count). The molecule has 6 heteroatoms. The Morgan fingerprint density at radius 1 is 0.778 bits per heavy atom. The van der Waals surface area contributed by atoms with Crippen molar-refractivity contribution >= 4 is 44.6 Å². The zero-order chi connectivity index (χ0) is 36.7. The van der Waals surface area contributed by atoms with Gasteiger partial charge in [0, 0.05) is 61.3 Å². The molecule has 5 aromatic carbocycles. The maximum Gasteiger partial charge on any atom is 0.135 e. The van der Waals surface area contributed by atoms with Crippen LogP contribution in [0.15, 0.2) is 115 Å². The molecule has 0 atom stereocenters. The van der Waals surface area contributed by atoms with E-state index in [9.17, 15) is 0 Å². The van der Waals surface area contributed by atoms with Crippen molar-refractivity contribution in [3.8, 4) is 17.3 Å². The Balaban J connectivity index is 0.00000450. The fraction of sp³-hybridized carbons (Fsp3) is 0.250. The van der Waals surface area contributed by atoms with Crippen molar-refractivity contribution in [2.24, 2.45) is 5.92 Å². The average molecular weight is 891 g/mol. The van der Waals surface area contributed by atoms with Gasteiger partial charge in [0.2, 0.25) is 0 Å². The topological polar surface area (TPSA) is 33.5 Å². The van der Waals surface area contributed by atoms with Crippen molar-refractivity contribution in [3.63, 3.8) is 0 Å². The number of hydrogen-bond donors (Lipinski definition) is 0. The summed E-state index contributed by atoms with van der Waals surface area (Å²) in [7, 11) is 0. The van der Waals surface area contributed by atoms with E-state index >= 15 is 0 Å². The summed E-state index contributed by atoms with van der Waals surface area (Å²) >= 11 is 0. The molecule has 0 aliphatic carbocycles. The Morgan fingerprint density at radius 2 is 1.52 bits per heavy atom. The van der Waals surface area contributed by atoms with Crippen LogP contribution in [0.5, 0.6) is 11.5 Å². The van der Waals surface area contributed by atoms with Crippen LogP contribution in [0.2, 0.25) is 0 Å². The maximum atomic E-state index is 6.74. The summed E-state index contributed by atoms with van der Waals surface area (Å²) in [5.41, 5.74) is 10.3. The van der Waals surface area contributed by atoms with Crippen LogP contribution < -0.4 is 14.5 Å². The van der Waals surface area contributed by atoms with Crippen molar-refractivity contribution in [2.75, 3.05) is 9.80 Å². The number of nitrogens with zero attached hydrogens (tertiary/aromatic N) is 4. The molecule has 2 aromatic heterocycles. The molecule has 1 aliphatic rings. The zero-order valence-electron chi connectivity index (χ0n) is 32.0. The number of hydrogen-bond acceptors (Lipinski definition) is 4. The third-order valence-corrected chi connectivity index (χ3v) is 10.1. The van der Waals surface area contributed by atoms with Gasteiger partial charge in [0.05, 0.1) is 0 Å². The Hall–Kier alpha value is -4.86. The van der Waals surface area contributed by atoms with Crippen LogP contribution in [0.1, 0.15) is 71.1 Å². The SMILES string of the molecule is CCCCc1ccc2c(c1)c1c(CC(C)C)cc(Oc3[c-]c(N4[CH-]N(c5ccccc5C(C)(C)C)c5ccccc54)ccc3)[c-]c1n2-c1ccccn1.[Pt]. The average Bonchev–Trinajstić information content (AvgIpc) is 3.70. The van der Waals surface area contributed by atoms with E-state index in [-0.39, 0.29) is 26.5 Å². The molecular formula is C48H47N4OPt-3. The number of benzene rings is 5. The summed E-state index contributed by atoms with van der Waals surface area (Å²) in [4.78, 5) is 9.30.